The largest absolute Gasteiger partial charge is 0.315 e. The fourth-order valence-corrected chi connectivity index (χ4v) is 13.7. The molecular formula is C45H54N9O6S3Y3-3. The molecule has 0 aliphatic carbocycles. The summed E-state index contributed by atoms with van der Waals surface area (Å²) in [5, 5.41) is 14.0. The van der Waals surface area contributed by atoms with Crippen molar-refractivity contribution in [3.8, 4) is 0 Å². The second-order valence-corrected chi connectivity index (χ2v) is 21.5. The van der Waals surface area contributed by atoms with Gasteiger partial charge in [-0.05, 0) is 105 Å². The van der Waals surface area contributed by atoms with Gasteiger partial charge in [0, 0.05) is 162 Å². The molecule has 0 saturated carbocycles. The van der Waals surface area contributed by atoms with Crippen molar-refractivity contribution in [3.05, 3.63) is 110 Å². The van der Waals surface area contributed by atoms with Gasteiger partial charge in [-0.1, -0.05) is 36.4 Å². The van der Waals surface area contributed by atoms with Crippen LogP contribution in [-0.2, 0) is 128 Å². The van der Waals surface area contributed by atoms with E-state index in [1.165, 1.54) is 18.6 Å². The molecule has 6 heterocycles. The minimum atomic E-state index is -3.54. The minimum absolute atomic E-state index is 0. The van der Waals surface area contributed by atoms with Gasteiger partial charge >= 0.3 is 0 Å². The van der Waals surface area contributed by atoms with Gasteiger partial charge in [0.05, 0.1) is 0 Å². The van der Waals surface area contributed by atoms with Crippen molar-refractivity contribution in [2.45, 2.75) is 72.8 Å². The fraction of sp³-hybridized carbons (Fsp3) is 0.400. The number of nitrogens with one attached hydrogen (secondary N) is 3. The van der Waals surface area contributed by atoms with Crippen LogP contribution in [0, 0.1) is 18.2 Å². The number of sulfonamides is 3. The summed E-state index contributed by atoms with van der Waals surface area (Å²) in [6.07, 6.45) is 12.2. The molecule has 3 aromatic heterocycles. The molecule has 3 atom stereocenters. The van der Waals surface area contributed by atoms with Gasteiger partial charge < -0.3 is 16.0 Å². The van der Waals surface area contributed by atoms with E-state index in [1.807, 2.05) is 39.0 Å². The van der Waals surface area contributed by atoms with E-state index in [4.69, 9.17) is 0 Å². The van der Waals surface area contributed by atoms with Gasteiger partial charge in [0.2, 0.25) is 0 Å². The number of pyridine rings is 3. The van der Waals surface area contributed by atoms with Crippen molar-refractivity contribution >= 4 is 62.4 Å². The van der Waals surface area contributed by atoms with E-state index in [0.717, 1.165) is 48.5 Å². The molecule has 21 heteroatoms. The zero-order valence-electron chi connectivity index (χ0n) is 37.5. The van der Waals surface area contributed by atoms with Crippen LogP contribution < -0.4 is 16.0 Å². The molecule has 3 radical (unpaired) electrons. The summed E-state index contributed by atoms with van der Waals surface area (Å²) in [6.45, 7) is 11.9. The van der Waals surface area contributed by atoms with Crippen LogP contribution in [0.25, 0.3) is 32.3 Å². The summed E-state index contributed by atoms with van der Waals surface area (Å²) in [7, 11) is -10.6. The molecule has 3 aliphatic heterocycles. The third-order valence-corrected chi connectivity index (χ3v) is 17.6. The molecule has 345 valence electrons. The van der Waals surface area contributed by atoms with E-state index in [0.29, 0.717) is 76.7 Å². The zero-order chi connectivity index (χ0) is 44.6. The van der Waals surface area contributed by atoms with Crippen LogP contribution in [-0.4, -0.2) is 130 Å². The molecule has 66 heavy (non-hydrogen) atoms. The molecular weight excluding hydrogens is 1130 g/mol. The number of hydrogen-bond donors (Lipinski definition) is 3. The molecule has 3 N–H and O–H groups in total. The Morgan fingerprint density at radius 3 is 1.20 bits per heavy atom. The normalized spacial score (nSPS) is 20.3. The van der Waals surface area contributed by atoms with Crippen LogP contribution in [0.1, 0.15) is 40.0 Å². The van der Waals surface area contributed by atoms with Gasteiger partial charge in [0.25, 0.3) is 0 Å². The molecule has 0 bridgehead atoms. The molecule has 3 aromatic carbocycles. The van der Waals surface area contributed by atoms with Crippen molar-refractivity contribution in [2.75, 3.05) is 58.9 Å². The SMILES string of the molecule is C[C@H]1CNCCCCN1S(=O)(=O)c1cccc2cnc[c-]c12.C[C@H]1CNCCCN1S(=O)(=O)c1cccc2cnc[c-]c12.C[C@H]1CNCCN1S(=O)(=O)c1cccc2cnc[c-]c12.[Y].[Y].[Y]. The average Bonchev–Trinajstić information content (AvgIpc) is 3.52. The number of benzene rings is 3. The first-order valence-electron chi connectivity index (χ1n) is 21.2. The minimum Gasteiger partial charge on any atom is -0.315 e. The van der Waals surface area contributed by atoms with Gasteiger partial charge in [-0.3, -0.25) is 15.0 Å². The average molecular weight is 1180 g/mol. The van der Waals surface area contributed by atoms with Gasteiger partial charge in [-0.2, -0.15) is 34.4 Å². The Balaban J connectivity index is 0.000000212. The summed E-state index contributed by atoms with van der Waals surface area (Å²) in [4.78, 5) is 13.0. The second-order valence-electron chi connectivity index (χ2n) is 15.9. The van der Waals surface area contributed by atoms with E-state index in [-0.39, 0.29) is 116 Å². The summed E-state index contributed by atoms with van der Waals surface area (Å²) in [5.74, 6) is 0. The van der Waals surface area contributed by atoms with Crippen molar-refractivity contribution in [1.82, 2.24) is 43.8 Å². The van der Waals surface area contributed by atoms with E-state index >= 15 is 0 Å². The number of aromatic nitrogens is 3. The van der Waals surface area contributed by atoms with E-state index in [2.05, 4.69) is 49.1 Å². The van der Waals surface area contributed by atoms with E-state index < -0.39 is 30.1 Å². The Kier molecular flexibility index (Phi) is 22.9. The van der Waals surface area contributed by atoms with Crippen molar-refractivity contribution in [2.24, 2.45) is 0 Å². The smallest absolute Gasteiger partial charge is 0.197 e. The van der Waals surface area contributed by atoms with Crippen molar-refractivity contribution < 1.29 is 123 Å². The molecule has 3 aliphatic rings. The number of hydrogen-bond acceptors (Lipinski definition) is 12. The monoisotopic (exact) mass is 1180 g/mol. The van der Waals surface area contributed by atoms with Crippen molar-refractivity contribution in [1.29, 1.82) is 0 Å². The predicted molar refractivity (Wildman–Crippen MR) is 244 cm³/mol. The summed E-state index contributed by atoms with van der Waals surface area (Å²) < 4.78 is 82.8. The van der Waals surface area contributed by atoms with Crippen molar-refractivity contribution in [3.63, 3.8) is 0 Å². The third-order valence-electron chi connectivity index (χ3n) is 11.4. The standard InChI is InChI=1S/C16H20N3O2S.C15H18N3O2S.C14H16N3O2S.3Y/c1-13-11-17-8-2-3-10-19(13)22(20,21)16-6-4-5-14-12-18-9-7-15(14)16;1-12-10-16-7-3-9-18(12)21(19,20)15-5-2-4-13-11-17-8-6-14(13)15;1-11-9-16-7-8-17(11)20(18,19)14-4-2-3-12-10-15-6-5-13(12)14;;;/h4-6,9,12-13,17H,2-3,8,10-11H2,1H3;2,4-5,8,11-12,16H,3,7,9-10H2,1H3;2-4,6,10-11,16H,7-9H2,1H3;;;/q3*-1;;;/t13-;12-;11-;;;/m000.../s1. The van der Waals surface area contributed by atoms with Crippen LogP contribution in [0.5, 0.6) is 0 Å². The number of fused-ring (bicyclic) bond motifs is 3. The maximum atomic E-state index is 13.1. The van der Waals surface area contributed by atoms with E-state index in [9.17, 15) is 25.3 Å². The molecule has 3 saturated heterocycles. The van der Waals surface area contributed by atoms with Gasteiger partial charge in [-0.25, -0.2) is 38.2 Å². The topological polar surface area (TPSA) is 187 Å². The molecule has 0 unspecified atom stereocenters. The molecule has 0 amide bonds. The second kappa shape index (κ2) is 26.3. The maximum Gasteiger partial charge on any atom is 0.197 e. The van der Waals surface area contributed by atoms with Crippen LogP contribution >= 0.6 is 0 Å². The van der Waals surface area contributed by atoms with Crippen LogP contribution in [0.4, 0.5) is 0 Å². The number of piperazine rings is 1. The zero-order valence-corrected chi connectivity index (χ0v) is 48.4. The first-order chi connectivity index (χ1) is 30.3. The number of nitrogens with zero attached hydrogens (tertiary/aromatic N) is 6. The summed E-state index contributed by atoms with van der Waals surface area (Å²) >= 11 is 0. The molecule has 6 aromatic rings. The van der Waals surface area contributed by atoms with Gasteiger partial charge in [-0.15, -0.1) is 34.4 Å². The molecule has 0 spiro atoms. The predicted octanol–water partition coefficient (Wildman–Crippen LogP) is 4.21. The molecule has 9 rings (SSSR count). The van der Waals surface area contributed by atoms with Gasteiger partial charge in [0.15, 0.2) is 30.1 Å². The maximum absolute atomic E-state index is 13.1. The van der Waals surface area contributed by atoms with Crippen LogP contribution in [0.15, 0.2) is 106 Å². The Hall–Kier alpha value is -1.19. The third kappa shape index (κ3) is 13.4. The fourth-order valence-electron chi connectivity index (χ4n) is 8.15. The number of rotatable bonds is 6. The first kappa shape index (κ1) is 57.4. The first-order valence-corrected chi connectivity index (χ1v) is 25.5. The Labute approximate surface area is 465 Å². The van der Waals surface area contributed by atoms with E-state index in [1.54, 1.807) is 67.9 Å². The molecule has 15 nitrogen and oxygen atoms in total. The summed E-state index contributed by atoms with van der Waals surface area (Å²) in [5.41, 5.74) is 0. The molecule has 3 fully saturated rings. The van der Waals surface area contributed by atoms with Gasteiger partial charge in [0.1, 0.15) is 0 Å². The van der Waals surface area contributed by atoms with Crippen LogP contribution in [0.3, 0.4) is 0 Å². The Morgan fingerprint density at radius 2 is 0.803 bits per heavy atom. The summed E-state index contributed by atoms with van der Waals surface area (Å²) in [6, 6.07) is 24.5. The Morgan fingerprint density at radius 1 is 0.470 bits per heavy atom. The van der Waals surface area contributed by atoms with Crippen LogP contribution in [0.2, 0.25) is 0 Å². The quantitative estimate of drug-likeness (QED) is 0.202. The Bertz CT molecular complexity index is 2850.